The Morgan fingerprint density at radius 1 is 0.878 bits per heavy atom. The summed E-state index contributed by atoms with van der Waals surface area (Å²) in [5, 5.41) is 0. The molecule has 1 heterocycles. The van der Waals surface area contributed by atoms with Gasteiger partial charge in [0, 0.05) is 24.5 Å². The highest BCUT2D eigenvalue weighted by molar-refractivity contribution is 5.81. The highest BCUT2D eigenvalue weighted by Gasteiger charge is 2.40. The number of likely N-dealkylation sites (N-methyl/N-ethyl adjacent to an activating group) is 1. The molecule has 3 rings (SSSR count). The third-order valence-corrected chi connectivity index (χ3v) is 7.82. The SMILES string of the molecule is C=CC(=O)OCCCCCOC(=O)CC[N+]1(C)CCc2cc(OC)c(OC)cc2C1Cc1ccc(OC)c(OC)c1. The van der Waals surface area contributed by atoms with Crippen molar-refractivity contribution in [2.75, 3.05) is 61.8 Å². The summed E-state index contributed by atoms with van der Waals surface area (Å²) in [4.78, 5) is 23.8. The Morgan fingerprint density at radius 3 is 2.17 bits per heavy atom. The summed E-state index contributed by atoms with van der Waals surface area (Å²) < 4.78 is 33.4. The van der Waals surface area contributed by atoms with Crippen LogP contribution in [0.1, 0.15) is 48.4 Å². The normalized spacial score (nSPS) is 17.6. The Kier molecular flexibility index (Phi) is 11.9. The van der Waals surface area contributed by atoms with E-state index in [0.29, 0.717) is 47.9 Å². The van der Waals surface area contributed by atoms with Crippen molar-refractivity contribution in [2.45, 2.75) is 44.6 Å². The van der Waals surface area contributed by atoms with Crippen LogP contribution in [-0.2, 0) is 31.9 Å². The van der Waals surface area contributed by atoms with Crippen LogP contribution in [0, 0.1) is 0 Å². The van der Waals surface area contributed by atoms with E-state index < -0.39 is 5.97 Å². The van der Waals surface area contributed by atoms with Gasteiger partial charge in [-0.3, -0.25) is 4.79 Å². The van der Waals surface area contributed by atoms with Gasteiger partial charge in [0.05, 0.1) is 68.2 Å². The van der Waals surface area contributed by atoms with Crippen molar-refractivity contribution < 1.29 is 42.5 Å². The maximum absolute atomic E-state index is 12.7. The van der Waals surface area contributed by atoms with Gasteiger partial charge < -0.3 is 32.9 Å². The number of carbonyl (C=O) groups excluding carboxylic acids is 2. The number of hydrogen-bond donors (Lipinski definition) is 0. The molecule has 1 aliphatic heterocycles. The lowest BCUT2D eigenvalue weighted by Gasteiger charge is -2.46. The molecule has 9 nitrogen and oxygen atoms in total. The van der Waals surface area contributed by atoms with E-state index in [-0.39, 0.29) is 12.0 Å². The van der Waals surface area contributed by atoms with Gasteiger partial charge in [-0.25, -0.2) is 4.79 Å². The second-order valence-electron chi connectivity index (χ2n) is 10.4. The van der Waals surface area contributed by atoms with Crippen molar-refractivity contribution in [3.05, 3.63) is 59.7 Å². The molecule has 0 aliphatic carbocycles. The van der Waals surface area contributed by atoms with Gasteiger partial charge in [0.25, 0.3) is 0 Å². The summed E-state index contributed by atoms with van der Waals surface area (Å²) in [6.07, 6.45) is 5.32. The first-order valence-corrected chi connectivity index (χ1v) is 14.0. The molecule has 0 amide bonds. The van der Waals surface area contributed by atoms with E-state index in [9.17, 15) is 9.59 Å². The number of carbonyl (C=O) groups is 2. The Hall–Kier alpha value is -3.72. The van der Waals surface area contributed by atoms with Crippen LogP contribution in [0.2, 0.25) is 0 Å². The molecule has 224 valence electrons. The molecule has 2 aromatic rings. The zero-order valence-electron chi connectivity index (χ0n) is 25.0. The minimum atomic E-state index is -0.421. The van der Waals surface area contributed by atoms with E-state index in [4.69, 9.17) is 28.4 Å². The minimum absolute atomic E-state index is 0.0720. The molecule has 2 atom stereocenters. The molecule has 0 bridgehead atoms. The molecule has 0 spiro atoms. The second kappa shape index (κ2) is 15.3. The molecule has 0 N–H and O–H groups in total. The van der Waals surface area contributed by atoms with Crippen LogP contribution in [0.15, 0.2) is 43.0 Å². The lowest BCUT2D eigenvalue weighted by molar-refractivity contribution is -0.940. The predicted octanol–water partition coefficient (Wildman–Crippen LogP) is 4.84. The molecule has 0 saturated heterocycles. The van der Waals surface area contributed by atoms with Crippen LogP contribution in [-0.4, -0.2) is 78.2 Å². The molecule has 2 aromatic carbocycles. The smallest absolute Gasteiger partial charge is 0.330 e. The van der Waals surface area contributed by atoms with Crippen molar-refractivity contribution in [2.24, 2.45) is 0 Å². The van der Waals surface area contributed by atoms with Crippen molar-refractivity contribution in [1.29, 1.82) is 0 Å². The van der Waals surface area contributed by atoms with Crippen LogP contribution < -0.4 is 18.9 Å². The number of fused-ring (bicyclic) bond motifs is 1. The summed E-state index contributed by atoms with van der Waals surface area (Å²) in [5.74, 6) is 2.15. The fourth-order valence-electron chi connectivity index (χ4n) is 5.38. The molecule has 0 aromatic heterocycles. The molecule has 9 heteroatoms. The van der Waals surface area contributed by atoms with Gasteiger partial charge in [0.1, 0.15) is 6.04 Å². The fraction of sp³-hybridized carbons (Fsp3) is 0.500. The Bertz CT molecular complexity index is 1200. The Balaban J connectivity index is 1.72. The zero-order valence-corrected chi connectivity index (χ0v) is 25.0. The van der Waals surface area contributed by atoms with Gasteiger partial charge in [-0.1, -0.05) is 12.6 Å². The average molecular weight is 571 g/mol. The number of benzene rings is 2. The summed E-state index contributed by atoms with van der Waals surface area (Å²) in [7, 11) is 8.77. The van der Waals surface area contributed by atoms with E-state index in [0.717, 1.165) is 56.0 Å². The molecular weight excluding hydrogens is 526 g/mol. The average Bonchev–Trinajstić information content (AvgIpc) is 3.00. The van der Waals surface area contributed by atoms with Crippen LogP contribution in [0.25, 0.3) is 0 Å². The molecule has 0 radical (unpaired) electrons. The van der Waals surface area contributed by atoms with E-state index >= 15 is 0 Å². The van der Waals surface area contributed by atoms with Crippen LogP contribution in [0.4, 0.5) is 0 Å². The quantitative estimate of drug-likeness (QED) is 0.123. The number of ether oxygens (including phenoxy) is 6. The number of quaternary nitrogens is 1. The van der Waals surface area contributed by atoms with Gasteiger partial charge >= 0.3 is 11.9 Å². The maximum atomic E-state index is 12.7. The molecule has 1 aliphatic rings. The van der Waals surface area contributed by atoms with Crippen molar-refractivity contribution >= 4 is 11.9 Å². The van der Waals surface area contributed by atoms with Crippen LogP contribution >= 0.6 is 0 Å². The van der Waals surface area contributed by atoms with Crippen LogP contribution in [0.3, 0.4) is 0 Å². The molecule has 0 saturated carbocycles. The van der Waals surface area contributed by atoms with Crippen LogP contribution in [0.5, 0.6) is 23.0 Å². The number of rotatable bonds is 16. The first-order chi connectivity index (χ1) is 19.8. The number of methoxy groups -OCH3 is 4. The standard InChI is InChI=1S/C32H44NO8/c1-7-31(34)40-17-9-8-10-18-41-32(35)14-16-33(2)15-13-24-21-29(38-5)30(39-6)22-25(24)26(33)19-23-11-12-27(36-3)28(20-23)37-4/h7,11-12,20-22,26H,1,8-10,13-19H2,2-6H3/q+1. The summed E-state index contributed by atoms with van der Waals surface area (Å²) in [5.41, 5.74) is 3.53. The topological polar surface area (TPSA) is 89.5 Å². The van der Waals surface area contributed by atoms with E-state index in [1.54, 1.807) is 28.4 Å². The largest absolute Gasteiger partial charge is 0.493 e. The van der Waals surface area contributed by atoms with Gasteiger partial charge in [-0.15, -0.1) is 0 Å². The maximum Gasteiger partial charge on any atom is 0.330 e. The highest BCUT2D eigenvalue weighted by atomic mass is 16.5. The molecular formula is C32H44NO8+. The number of hydrogen-bond acceptors (Lipinski definition) is 8. The molecule has 41 heavy (non-hydrogen) atoms. The van der Waals surface area contributed by atoms with Gasteiger partial charge in [0.2, 0.25) is 0 Å². The summed E-state index contributed by atoms with van der Waals surface area (Å²) in [6.45, 7) is 5.58. The Morgan fingerprint density at radius 2 is 1.51 bits per heavy atom. The highest BCUT2D eigenvalue weighted by Crippen LogP contribution is 2.43. The van der Waals surface area contributed by atoms with Gasteiger partial charge in [-0.2, -0.15) is 0 Å². The fourth-order valence-corrected chi connectivity index (χ4v) is 5.38. The van der Waals surface area contributed by atoms with Crippen molar-refractivity contribution in [3.63, 3.8) is 0 Å². The third kappa shape index (κ3) is 8.39. The van der Waals surface area contributed by atoms with E-state index in [1.165, 1.54) is 11.1 Å². The lowest BCUT2D eigenvalue weighted by Crippen LogP contribution is -2.53. The minimum Gasteiger partial charge on any atom is -0.493 e. The number of unbranched alkanes of at least 4 members (excludes halogenated alkanes) is 2. The predicted molar refractivity (Wildman–Crippen MR) is 156 cm³/mol. The first kappa shape index (κ1) is 31.8. The molecule has 0 fully saturated rings. The number of nitrogens with zero attached hydrogens (tertiary/aromatic N) is 1. The zero-order chi connectivity index (χ0) is 29.8. The Labute approximate surface area is 243 Å². The van der Waals surface area contributed by atoms with Crippen molar-refractivity contribution in [3.8, 4) is 23.0 Å². The van der Waals surface area contributed by atoms with E-state index in [1.807, 2.05) is 12.1 Å². The first-order valence-electron chi connectivity index (χ1n) is 14.0. The lowest BCUT2D eigenvalue weighted by atomic mass is 9.86. The third-order valence-electron chi connectivity index (χ3n) is 7.82. The van der Waals surface area contributed by atoms with Crippen molar-refractivity contribution in [1.82, 2.24) is 0 Å². The monoisotopic (exact) mass is 570 g/mol. The van der Waals surface area contributed by atoms with Gasteiger partial charge in [0.15, 0.2) is 23.0 Å². The van der Waals surface area contributed by atoms with E-state index in [2.05, 4.69) is 31.8 Å². The molecule has 2 unspecified atom stereocenters. The summed E-state index contributed by atoms with van der Waals surface area (Å²) in [6, 6.07) is 10.2. The second-order valence-corrected chi connectivity index (χ2v) is 10.4. The summed E-state index contributed by atoms with van der Waals surface area (Å²) >= 11 is 0. The number of esters is 2. The van der Waals surface area contributed by atoms with Gasteiger partial charge in [-0.05, 0) is 54.7 Å².